The SMILES string of the molecule is O=C(Nc1cc(Cl)cc(Cl)c1)c1cc(NCCN2CCOCC2)ncn1. The van der Waals surface area contributed by atoms with Gasteiger partial charge in [-0.25, -0.2) is 9.97 Å². The molecule has 0 saturated carbocycles. The summed E-state index contributed by atoms with van der Waals surface area (Å²) in [7, 11) is 0. The number of nitrogens with one attached hydrogen (secondary N) is 2. The van der Waals surface area contributed by atoms with Gasteiger partial charge in [-0.1, -0.05) is 23.2 Å². The molecule has 0 bridgehead atoms. The van der Waals surface area contributed by atoms with E-state index in [9.17, 15) is 4.79 Å². The van der Waals surface area contributed by atoms with Gasteiger partial charge in [-0.3, -0.25) is 9.69 Å². The van der Waals surface area contributed by atoms with E-state index >= 15 is 0 Å². The molecular weight excluding hydrogens is 377 g/mol. The van der Waals surface area contributed by atoms with Gasteiger partial charge in [0.1, 0.15) is 17.8 Å². The van der Waals surface area contributed by atoms with Crippen LogP contribution in [-0.2, 0) is 4.74 Å². The van der Waals surface area contributed by atoms with Crippen LogP contribution in [0.1, 0.15) is 10.5 Å². The summed E-state index contributed by atoms with van der Waals surface area (Å²) in [6.07, 6.45) is 1.36. The fourth-order valence-electron chi connectivity index (χ4n) is 2.57. The van der Waals surface area contributed by atoms with E-state index in [0.29, 0.717) is 21.6 Å². The molecule has 2 heterocycles. The number of amides is 1. The number of nitrogens with zero attached hydrogens (tertiary/aromatic N) is 3. The van der Waals surface area contributed by atoms with Gasteiger partial charge in [0.15, 0.2) is 0 Å². The summed E-state index contributed by atoms with van der Waals surface area (Å²) in [4.78, 5) is 22.9. The summed E-state index contributed by atoms with van der Waals surface area (Å²) < 4.78 is 5.33. The minimum Gasteiger partial charge on any atom is -0.379 e. The van der Waals surface area contributed by atoms with Crippen molar-refractivity contribution in [3.8, 4) is 0 Å². The van der Waals surface area contributed by atoms with Crippen molar-refractivity contribution in [1.82, 2.24) is 14.9 Å². The van der Waals surface area contributed by atoms with E-state index in [0.717, 1.165) is 39.4 Å². The molecule has 1 aliphatic rings. The Morgan fingerprint density at radius 1 is 1.12 bits per heavy atom. The highest BCUT2D eigenvalue weighted by molar-refractivity contribution is 6.35. The van der Waals surface area contributed by atoms with Gasteiger partial charge in [0, 0.05) is 48.0 Å². The molecule has 1 aliphatic heterocycles. The molecule has 138 valence electrons. The molecule has 0 unspecified atom stereocenters. The summed E-state index contributed by atoms with van der Waals surface area (Å²) in [6.45, 7) is 5.01. The monoisotopic (exact) mass is 395 g/mol. The Labute approximate surface area is 161 Å². The fraction of sp³-hybridized carbons (Fsp3) is 0.353. The molecule has 26 heavy (non-hydrogen) atoms. The Bertz CT molecular complexity index is 748. The molecule has 0 aliphatic carbocycles. The van der Waals surface area contributed by atoms with E-state index in [1.165, 1.54) is 6.33 Å². The average Bonchev–Trinajstić information content (AvgIpc) is 2.62. The van der Waals surface area contributed by atoms with Gasteiger partial charge in [0.2, 0.25) is 0 Å². The summed E-state index contributed by atoms with van der Waals surface area (Å²) in [5.74, 6) is 0.240. The van der Waals surface area contributed by atoms with Crippen LogP contribution >= 0.6 is 23.2 Å². The van der Waals surface area contributed by atoms with E-state index < -0.39 is 0 Å². The van der Waals surface area contributed by atoms with Crippen molar-refractivity contribution in [3.05, 3.63) is 46.3 Å². The zero-order valence-corrected chi connectivity index (χ0v) is 15.6. The second-order valence-electron chi connectivity index (χ2n) is 5.78. The molecule has 0 spiro atoms. The smallest absolute Gasteiger partial charge is 0.274 e. The molecule has 2 N–H and O–H groups in total. The van der Waals surface area contributed by atoms with Gasteiger partial charge in [-0.05, 0) is 18.2 Å². The summed E-state index contributed by atoms with van der Waals surface area (Å²) in [6, 6.07) is 6.45. The van der Waals surface area contributed by atoms with Crippen molar-refractivity contribution in [2.75, 3.05) is 50.0 Å². The van der Waals surface area contributed by atoms with Crippen LogP contribution in [-0.4, -0.2) is 60.2 Å². The van der Waals surface area contributed by atoms with Crippen molar-refractivity contribution >= 4 is 40.6 Å². The lowest BCUT2D eigenvalue weighted by Gasteiger charge is -2.26. The van der Waals surface area contributed by atoms with Crippen molar-refractivity contribution in [3.63, 3.8) is 0 Å². The maximum Gasteiger partial charge on any atom is 0.274 e. The van der Waals surface area contributed by atoms with Crippen LogP contribution in [0.3, 0.4) is 0 Å². The zero-order valence-electron chi connectivity index (χ0n) is 14.0. The van der Waals surface area contributed by atoms with E-state index in [4.69, 9.17) is 27.9 Å². The topological polar surface area (TPSA) is 79.4 Å². The number of carbonyl (C=O) groups excluding carboxylic acids is 1. The number of hydrogen-bond donors (Lipinski definition) is 2. The van der Waals surface area contributed by atoms with Crippen molar-refractivity contribution < 1.29 is 9.53 Å². The standard InChI is InChI=1S/C17H19Cl2N5O2/c18-12-7-13(19)9-14(8-12)23-17(25)15-10-16(22-11-21-15)20-1-2-24-3-5-26-6-4-24/h7-11H,1-6H2,(H,23,25)(H,20,21,22). The molecule has 0 atom stereocenters. The first-order chi connectivity index (χ1) is 12.6. The Hall–Kier alpha value is -1.93. The predicted molar refractivity (Wildman–Crippen MR) is 102 cm³/mol. The maximum atomic E-state index is 12.4. The molecule has 9 heteroatoms. The first-order valence-corrected chi connectivity index (χ1v) is 8.99. The van der Waals surface area contributed by atoms with Crippen molar-refractivity contribution in [2.24, 2.45) is 0 Å². The van der Waals surface area contributed by atoms with Crippen LogP contribution in [0.15, 0.2) is 30.6 Å². The number of hydrogen-bond acceptors (Lipinski definition) is 6. The Morgan fingerprint density at radius 2 is 1.85 bits per heavy atom. The number of carbonyl (C=O) groups is 1. The van der Waals surface area contributed by atoms with Crippen molar-refractivity contribution in [1.29, 1.82) is 0 Å². The number of anilines is 2. The first-order valence-electron chi connectivity index (χ1n) is 8.23. The third kappa shape index (κ3) is 5.54. The number of halogens is 2. The lowest BCUT2D eigenvalue weighted by atomic mass is 10.3. The third-order valence-corrected chi connectivity index (χ3v) is 4.29. The normalized spacial score (nSPS) is 14.8. The van der Waals surface area contributed by atoms with E-state index in [1.54, 1.807) is 24.3 Å². The van der Waals surface area contributed by atoms with E-state index in [1.807, 2.05) is 0 Å². The highest BCUT2D eigenvalue weighted by Gasteiger charge is 2.12. The highest BCUT2D eigenvalue weighted by Crippen LogP contribution is 2.22. The van der Waals surface area contributed by atoms with Crippen LogP contribution in [0.4, 0.5) is 11.5 Å². The van der Waals surface area contributed by atoms with Gasteiger partial charge in [-0.2, -0.15) is 0 Å². The Morgan fingerprint density at radius 3 is 2.58 bits per heavy atom. The minimum atomic E-state index is -0.359. The molecule has 2 aromatic rings. The largest absolute Gasteiger partial charge is 0.379 e. The molecule has 1 fully saturated rings. The predicted octanol–water partition coefficient (Wildman–Crippen LogP) is 2.78. The molecule has 0 radical (unpaired) electrons. The second-order valence-corrected chi connectivity index (χ2v) is 6.65. The molecule has 1 aromatic heterocycles. The Balaban J connectivity index is 1.56. The Kier molecular flexibility index (Phi) is 6.62. The molecule has 1 aromatic carbocycles. The van der Waals surface area contributed by atoms with Gasteiger partial charge >= 0.3 is 0 Å². The quantitative estimate of drug-likeness (QED) is 0.782. The third-order valence-electron chi connectivity index (χ3n) is 3.86. The molecule has 3 rings (SSSR count). The number of rotatable bonds is 6. The summed E-state index contributed by atoms with van der Waals surface area (Å²) >= 11 is 11.9. The second kappa shape index (κ2) is 9.14. The lowest BCUT2D eigenvalue weighted by molar-refractivity contribution is 0.0398. The highest BCUT2D eigenvalue weighted by atomic mass is 35.5. The van der Waals surface area contributed by atoms with Gasteiger partial charge in [-0.15, -0.1) is 0 Å². The molecule has 7 nitrogen and oxygen atoms in total. The van der Waals surface area contributed by atoms with E-state index in [-0.39, 0.29) is 11.6 Å². The van der Waals surface area contributed by atoms with Crippen LogP contribution in [0.2, 0.25) is 10.0 Å². The van der Waals surface area contributed by atoms with Gasteiger partial charge in [0.05, 0.1) is 13.2 Å². The van der Waals surface area contributed by atoms with Crippen LogP contribution in [0.5, 0.6) is 0 Å². The molecule has 1 saturated heterocycles. The minimum absolute atomic E-state index is 0.255. The maximum absolute atomic E-state index is 12.4. The van der Waals surface area contributed by atoms with Crippen LogP contribution in [0, 0.1) is 0 Å². The summed E-state index contributed by atoms with van der Waals surface area (Å²) in [5.41, 5.74) is 0.762. The van der Waals surface area contributed by atoms with E-state index in [2.05, 4.69) is 25.5 Å². The lowest BCUT2D eigenvalue weighted by Crippen LogP contribution is -2.39. The number of aromatic nitrogens is 2. The van der Waals surface area contributed by atoms with Gasteiger partial charge < -0.3 is 15.4 Å². The fourth-order valence-corrected chi connectivity index (χ4v) is 3.09. The van der Waals surface area contributed by atoms with Crippen LogP contribution in [0.25, 0.3) is 0 Å². The summed E-state index contributed by atoms with van der Waals surface area (Å²) in [5, 5.41) is 6.83. The number of ether oxygens (including phenoxy) is 1. The number of benzene rings is 1. The average molecular weight is 396 g/mol. The molecule has 1 amide bonds. The van der Waals surface area contributed by atoms with Crippen LogP contribution < -0.4 is 10.6 Å². The molecular formula is C17H19Cl2N5O2. The zero-order chi connectivity index (χ0) is 18.4. The van der Waals surface area contributed by atoms with Crippen molar-refractivity contribution in [2.45, 2.75) is 0 Å². The van der Waals surface area contributed by atoms with Gasteiger partial charge in [0.25, 0.3) is 5.91 Å². The first kappa shape index (κ1) is 18.8. The number of morpholine rings is 1.